The highest BCUT2D eigenvalue weighted by atomic mass is 32.2. The van der Waals surface area contributed by atoms with E-state index in [2.05, 4.69) is 12.1 Å². The first kappa shape index (κ1) is 9.36. The molecular formula is C11H9NOS2. The highest BCUT2D eigenvalue weighted by Gasteiger charge is 2.40. The Balaban J connectivity index is 1.73. The Hall–Kier alpha value is -0.870. The first-order chi connectivity index (χ1) is 7.33. The summed E-state index contributed by atoms with van der Waals surface area (Å²) in [5.41, 5.74) is 0. The smallest absolute Gasteiger partial charge is 0.230 e. The lowest BCUT2D eigenvalue weighted by Crippen LogP contribution is -2.44. The summed E-state index contributed by atoms with van der Waals surface area (Å²) in [5.74, 6) is 0.246. The van der Waals surface area contributed by atoms with E-state index in [-0.39, 0.29) is 5.91 Å². The van der Waals surface area contributed by atoms with Gasteiger partial charge >= 0.3 is 0 Å². The van der Waals surface area contributed by atoms with Crippen molar-refractivity contribution in [3.8, 4) is 0 Å². The molecule has 4 heteroatoms. The number of rotatable bonds is 2. The highest BCUT2D eigenvalue weighted by Crippen LogP contribution is 2.48. The second kappa shape index (κ2) is 3.61. The average molecular weight is 235 g/mol. The maximum Gasteiger partial charge on any atom is 0.230 e. The monoisotopic (exact) mass is 235 g/mol. The third-order valence-corrected chi connectivity index (χ3v) is 4.76. The quantitative estimate of drug-likeness (QED) is 0.735. The molecule has 0 bridgehead atoms. The molecule has 1 aromatic rings. The van der Waals surface area contributed by atoms with Gasteiger partial charge in [-0.25, -0.2) is 0 Å². The molecule has 0 N–H and O–H groups in total. The average Bonchev–Trinajstić information content (AvgIpc) is 2.57. The summed E-state index contributed by atoms with van der Waals surface area (Å²) in [7, 11) is 0. The van der Waals surface area contributed by atoms with E-state index in [1.165, 1.54) is 9.13 Å². The standard InChI is InChI=1S/C11H9NOS2/c13-9-6-10-12(9)7-11(15-10)14-8-4-2-1-3-5-8/h1-5,7,10H,6H2/t10-/m1/s1. The van der Waals surface area contributed by atoms with Crippen LogP contribution in [0.2, 0.25) is 0 Å². The molecule has 1 aromatic carbocycles. The molecule has 0 aliphatic carbocycles. The fourth-order valence-corrected chi connectivity index (χ4v) is 4.05. The van der Waals surface area contributed by atoms with Crippen molar-refractivity contribution in [1.29, 1.82) is 0 Å². The topological polar surface area (TPSA) is 20.3 Å². The normalized spacial score (nSPS) is 23.5. The van der Waals surface area contributed by atoms with Crippen LogP contribution in [0.3, 0.4) is 0 Å². The van der Waals surface area contributed by atoms with Crippen molar-refractivity contribution in [2.24, 2.45) is 0 Å². The van der Waals surface area contributed by atoms with E-state index in [0.29, 0.717) is 11.8 Å². The van der Waals surface area contributed by atoms with E-state index in [4.69, 9.17) is 0 Å². The van der Waals surface area contributed by atoms with E-state index < -0.39 is 0 Å². The highest BCUT2D eigenvalue weighted by molar-refractivity contribution is 8.22. The molecule has 1 fully saturated rings. The van der Waals surface area contributed by atoms with Crippen LogP contribution in [0.15, 0.2) is 45.7 Å². The van der Waals surface area contributed by atoms with Gasteiger partial charge < -0.3 is 4.90 Å². The molecule has 2 aliphatic heterocycles. The Morgan fingerprint density at radius 1 is 1.33 bits per heavy atom. The molecule has 3 rings (SSSR count). The second-order valence-electron chi connectivity index (χ2n) is 3.44. The SMILES string of the molecule is O=C1C[C@H]2SC(Sc3ccccc3)=CN12. The van der Waals surface area contributed by atoms with Crippen molar-refractivity contribution in [3.05, 3.63) is 40.8 Å². The van der Waals surface area contributed by atoms with Crippen molar-refractivity contribution in [2.75, 3.05) is 0 Å². The third kappa shape index (κ3) is 1.68. The minimum atomic E-state index is 0.246. The summed E-state index contributed by atoms with van der Waals surface area (Å²) in [5, 5.41) is 0.378. The number of benzene rings is 1. The van der Waals surface area contributed by atoms with Gasteiger partial charge in [-0.2, -0.15) is 0 Å². The summed E-state index contributed by atoms with van der Waals surface area (Å²) in [4.78, 5) is 14.2. The number of carbonyl (C=O) groups excluding carboxylic acids is 1. The number of amides is 1. The van der Waals surface area contributed by atoms with E-state index >= 15 is 0 Å². The van der Waals surface area contributed by atoms with Gasteiger partial charge in [-0.15, -0.1) is 0 Å². The van der Waals surface area contributed by atoms with E-state index in [0.717, 1.165) is 0 Å². The van der Waals surface area contributed by atoms with E-state index in [1.54, 1.807) is 23.5 Å². The molecule has 0 aromatic heterocycles. The van der Waals surface area contributed by atoms with Gasteiger partial charge in [0.05, 0.1) is 16.0 Å². The maximum atomic E-state index is 11.2. The van der Waals surface area contributed by atoms with Gasteiger partial charge in [-0.05, 0) is 12.1 Å². The molecule has 15 heavy (non-hydrogen) atoms. The van der Waals surface area contributed by atoms with Crippen LogP contribution in [0.5, 0.6) is 0 Å². The number of β-lactam (4-membered cyclic amide) rings is 1. The van der Waals surface area contributed by atoms with E-state index in [1.807, 2.05) is 29.3 Å². The van der Waals surface area contributed by atoms with E-state index in [9.17, 15) is 4.79 Å². The van der Waals surface area contributed by atoms with Gasteiger partial charge in [-0.1, -0.05) is 41.7 Å². The fourth-order valence-electron chi connectivity index (χ4n) is 1.59. The zero-order chi connectivity index (χ0) is 10.3. The van der Waals surface area contributed by atoms with Gasteiger partial charge in [0.2, 0.25) is 5.91 Å². The fraction of sp³-hybridized carbons (Fsp3) is 0.182. The van der Waals surface area contributed by atoms with Crippen molar-refractivity contribution in [3.63, 3.8) is 0 Å². The molecule has 1 amide bonds. The summed E-state index contributed by atoms with van der Waals surface area (Å²) >= 11 is 3.52. The summed E-state index contributed by atoms with van der Waals surface area (Å²) in [6.45, 7) is 0. The zero-order valence-corrected chi connectivity index (χ0v) is 9.55. The molecule has 0 unspecified atom stereocenters. The summed E-state index contributed by atoms with van der Waals surface area (Å²) in [6, 6.07) is 10.2. The minimum absolute atomic E-state index is 0.246. The van der Waals surface area contributed by atoms with Crippen molar-refractivity contribution >= 4 is 29.4 Å². The third-order valence-electron chi connectivity index (χ3n) is 2.41. The molecule has 0 saturated carbocycles. The lowest BCUT2D eigenvalue weighted by molar-refractivity contribution is -0.137. The second-order valence-corrected chi connectivity index (χ2v) is 6.03. The Bertz CT molecular complexity index is 429. The molecule has 2 aliphatic rings. The summed E-state index contributed by atoms with van der Waals surface area (Å²) in [6.07, 6.45) is 2.67. The number of hydrogen-bond acceptors (Lipinski definition) is 3. The van der Waals surface area contributed by atoms with Crippen molar-refractivity contribution in [2.45, 2.75) is 16.7 Å². The molecule has 2 nitrogen and oxygen atoms in total. The van der Waals surface area contributed by atoms with Crippen LogP contribution in [0.4, 0.5) is 0 Å². The van der Waals surface area contributed by atoms with Crippen LogP contribution in [0.1, 0.15) is 6.42 Å². The van der Waals surface area contributed by atoms with Crippen molar-refractivity contribution < 1.29 is 4.79 Å². The number of fused-ring (bicyclic) bond motifs is 1. The molecule has 1 atom stereocenters. The largest absolute Gasteiger partial charge is 0.304 e. The molecular weight excluding hydrogens is 226 g/mol. The van der Waals surface area contributed by atoms with Crippen molar-refractivity contribution in [1.82, 2.24) is 4.90 Å². The van der Waals surface area contributed by atoms with Gasteiger partial charge in [-0.3, -0.25) is 4.79 Å². The minimum Gasteiger partial charge on any atom is -0.304 e. The van der Waals surface area contributed by atoms with Crippen LogP contribution < -0.4 is 0 Å². The Kier molecular flexibility index (Phi) is 2.25. The first-order valence-electron chi connectivity index (χ1n) is 4.75. The molecule has 2 heterocycles. The maximum absolute atomic E-state index is 11.2. The summed E-state index contributed by atoms with van der Waals surface area (Å²) < 4.78 is 1.22. The van der Waals surface area contributed by atoms with Crippen LogP contribution >= 0.6 is 23.5 Å². The first-order valence-corrected chi connectivity index (χ1v) is 6.45. The van der Waals surface area contributed by atoms with Crippen LogP contribution in [-0.4, -0.2) is 16.2 Å². The number of carbonyl (C=O) groups is 1. The predicted molar refractivity (Wildman–Crippen MR) is 63.2 cm³/mol. The molecule has 0 spiro atoms. The lowest BCUT2D eigenvalue weighted by Gasteiger charge is -2.31. The molecule has 76 valence electrons. The number of nitrogens with zero attached hydrogens (tertiary/aromatic N) is 1. The van der Waals surface area contributed by atoms with Crippen LogP contribution in [0, 0.1) is 0 Å². The number of thioether (sulfide) groups is 2. The Morgan fingerprint density at radius 2 is 2.13 bits per heavy atom. The van der Waals surface area contributed by atoms with Gasteiger partial charge in [0.1, 0.15) is 0 Å². The molecule has 1 saturated heterocycles. The zero-order valence-electron chi connectivity index (χ0n) is 7.92. The lowest BCUT2D eigenvalue weighted by atomic mass is 10.2. The predicted octanol–water partition coefficient (Wildman–Crippen LogP) is 2.88. The van der Waals surface area contributed by atoms with Gasteiger partial charge in [0.15, 0.2) is 0 Å². The Morgan fingerprint density at radius 3 is 2.80 bits per heavy atom. The number of hydrogen-bond donors (Lipinski definition) is 0. The van der Waals surface area contributed by atoms with Gasteiger partial charge in [0.25, 0.3) is 0 Å². The van der Waals surface area contributed by atoms with Crippen LogP contribution in [0.25, 0.3) is 0 Å². The Labute approximate surface area is 96.7 Å². The van der Waals surface area contributed by atoms with Gasteiger partial charge in [0, 0.05) is 11.1 Å². The molecule has 0 radical (unpaired) electrons. The van der Waals surface area contributed by atoms with Crippen LogP contribution in [-0.2, 0) is 4.79 Å².